The van der Waals surface area contributed by atoms with Crippen LogP contribution in [-0.2, 0) is 4.79 Å². The third kappa shape index (κ3) is 4.48. The van der Waals surface area contributed by atoms with Gasteiger partial charge in [0.2, 0.25) is 0 Å². The largest absolute Gasteiger partial charge is 0.493 e. The summed E-state index contributed by atoms with van der Waals surface area (Å²) in [4.78, 5) is 12.3. The number of rotatable bonds is 6. The molecule has 1 aromatic rings. The molecule has 1 N–H and O–H groups in total. The summed E-state index contributed by atoms with van der Waals surface area (Å²) in [6, 6.07) is 5.61. The van der Waals surface area contributed by atoms with Gasteiger partial charge in [0, 0.05) is 0 Å². The first-order chi connectivity index (χ1) is 10.5. The Kier molecular flexibility index (Phi) is 5.85. The molecule has 0 radical (unpaired) electrons. The van der Waals surface area contributed by atoms with Crippen molar-refractivity contribution in [2.45, 2.75) is 20.3 Å². The summed E-state index contributed by atoms with van der Waals surface area (Å²) >= 11 is 6.24. The third-order valence-electron chi connectivity index (χ3n) is 3.08. The first kappa shape index (κ1) is 16.8. The van der Waals surface area contributed by atoms with E-state index in [1.165, 1.54) is 11.8 Å². The maximum Gasteiger partial charge on any atom is 0.263 e. The fourth-order valence-electron chi connectivity index (χ4n) is 1.87. The zero-order valence-corrected chi connectivity index (χ0v) is 14.5. The molecular weight excluding hydrogens is 318 g/mol. The molecule has 1 aliphatic rings. The van der Waals surface area contributed by atoms with Gasteiger partial charge in [-0.2, -0.15) is 0 Å². The molecule has 118 valence electrons. The fourth-order valence-corrected chi connectivity index (χ4v) is 2.91. The molecule has 4 nitrogen and oxygen atoms in total. The fraction of sp³-hybridized carbons (Fsp3) is 0.375. The number of ether oxygens (including phenoxy) is 2. The Hall–Kier alpha value is -1.53. The van der Waals surface area contributed by atoms with E-state index in [0.29, 0.717) is 33.2 Å². The molecule has 1 aromatic carbocycles. The van der Waals surface area contributed by atoms with Crippen molar-refractivity contribution in [3.8, 4) is 11.5 Å². The Bertz CT molecular complexity index is 611. The molecule has 0 bridgehead atoms. The lowest BCUT2D eigenvalue weighted by atomic mass is 10.1. The van der Waals surface area contributed by atoms with E-state index in [4.69, 9.17) is 21.7 Å². The summed E-state index contributed by atoms with van der Waals surface area (Å²) in [5.41, 5.74) is 0.871. The SMILES string of the molecule is COc1cc(C=C2SC(=S)NC2=O)ccc1OCCC(C)C. The molecule has 22 heavy (non-hydrogen) atoms. The van der Waals surface area contributed by atoms with Crippen LogP contribution in [0.25, 0.3) is 6.08 Å². The number of hydrogen-bond acceptors (Lipinski definition) is 5. The average Bonchev–Trinajstić information content (AvgIpc) is 2.77. The molecule has 0 saturated carbocycles. The van der Waals surface area contributed by atoms with Crippen LogP contribution in [-0.4, -0.2) is 23.9 Å². The van der Waals surface area contributed by atoms with Gasteiger partial charge in [0.05, 0.1) is 18.6 Å². The van der Waals surface area contributed by atoms with Crippen molar-refractivity contribution in [1.82, 2.24) is 5.32 Å². The van der Waals surface area contributed by atoms with Gasteiger partial charge in [-0.25, -0.2) is 0 Å². The van der Waals surface area contributed by atoms with E-state index < -0.39 is 0 Å². The van der Waals surface area contributed by atoms with Gasteiger partial charge in [-0.05, 0) is 36.1 Å². The monoisotopic (exact) mass is 337 g/mol. The number of benzene rings is 1. The minimum atomic E-state index is -0.161. The smallest absolute Gasteiger partial charge is 0.263 e. The maximum atomic E-state index is 11.7. The van der Waals surface area contributed by atoms with Crippen molar-refractivity contribution < 1.29 is 14.3 Å². The van der Waals surface area contributed by atoms with Gasteiger partial charge in [-0.15, -0.1) is 0 Å². The first-order valence-electron chi connectivity index (χ1n) is 7.05. The Morgan fingerprint density at radius 3 is 2.73 bits per heavy atom. The minimum absolute atomic E-state index is 0.161. The summed E-state index contributed by atoms with van der Waals surface area (Å²) in [6.07, 6.45) is 2.78. The molecule has 0 aliphatic carbocycles. The lowest BCUT2D eigenvalue weighted by Gasteiger charge is -2.12. The van der Waals surface area contributed by atoms with Crippen molar-refractivity contribution in [3.05, 3.63) is 28.7 Å². The number of amides is 1. The molecule has 2 rings (SSSR count). The van der Waals surface area contributed by atoms with Gasteiger partial charge in [-0.3, -0.25) is 4.79 Å². The Labute approximate surface area is 140 Å². The second-order valence-corrected chi connectivity index (χ2v) is 7.01. The lowest BCUT2D eigenvalue weighted by molar-refractivity contribution is -0.115. The first-order valence-corrected chi connectivity index (χ1v) is 8.27. The van der Waals surface area contributed by atoms with Crippen LogP contribution in [0.5, 0.6) is 11.5 Å². The minimum Gasteiger partial charge on any atom is -0.493 e. The highest BCUT2D eigenvalue weighted by Crippen LogP contribution is 2.31. The van der Waals surface area contributed by atoms with Crippen LogP contribution in [0.1, 0.15) is 25.8 Å². The number of thiocarbonyl (C=S) groups is 1. The molecule has 0 spiro atoms. The summed E-state index contributed by atoms with van der Waals surface area (Å²) in [6.45, 7) is 4.97. The van der Waals surface area contributed by atoms with Crippen LogP contribution in [0.3, 0.4) is 0 Å². The van der Waals surface area contributed by atoms with Crippen molar-refractivity contribution in [2.75, 3.05) is 13.7 Å². The van der Waals surface area contributed by atoms with Crippen molar-refractivity contribution in [3.63, 3.8) is 0 Å². The zero-order chi connectivity index (χ0) is 16.1. The van der Waals surface area contributed by atoms with E-state index in [-0.39, 0.29) is 5.91 Å². The molecule has 6 heteroatoms. The van der Waals surface area contributed by atoms with E-state index >= 15 is 0 Å². The number of nitrogens with one attached hydrogen (secondary N) is 1. The van der Waals surface area contributed by atoms with Crippen LogP contribution in [0, 0.1) is 5.92 Å². The summed E-state index contributed by atoms with van der Waals surface area (Å²) < 4.78 is 11.6. The normalized spacial score (nSPS) is 16.3. The maximum absolute atomic E-state index is 11.7. The summed E-state index contributed by atoms with van der Waals surface area (Å²) in [5, 5.41) is 2.60. The van der Waals surface area contributed by atoms with E-state index in [1.807, 2.05) is 18.2 Å². The highest BCUT2D eigenvalue weighted by molar-refractivity contribution is 8.26. The van der Waals surface area contributed by atoms with Crippen LogP contribution < -0.4 is 14.8 Å². The van der Waals surface area contributed by atoms with Crippen molar-refractivity contribution in [2.24, 2.45) is 5.92 Å². The zero-order valence-electron chi connectivity index (χ0n) is 12.8. The Morgan fingerprint density at radius 2 is 2.14 bits per heavy atom. The molecule has 0 atom stereocenters. The molecule has 1 aliphatic heterocycles. The summed E-state index contributed by atoms with van der Waals surface area (Å²) in [7, 11) is 1.60. The van der Waals surface area contributed by atoms with E-state index in [1.54, 1.807) is 13.2 Å². The van der Waals surface area contributed by atoms with Gasteiger partial charge in [0.1, 0.15) is 4.32 Å². The third-order valence-corrected chi connectivity index (χ3v) is 4.24. The van der Waals surface area contributed by atoms with Gasteiger partial charge >= 0.3 is 0 Å². The Balaban J connectivity index is 2.13. The van der Waals surface area contributed by atoms with Gasteiger partial charge in [-0.1, -0.05) is 43.9 Å². The number of thioether (sulfide) groups is 1. The predicted octanol–water partition coefficient (Wildman–Crippen LogP) is 3.61. The van der Waals surface area contributed by atoms with Crippen LogP contribution in [0.2, 0.25) is 0 Å². The standard InChI is InChI=1S/C16H19NO3S2/c1-10(2)6-7-20-12-5-4-11(8-13(12)19-3)9-14-15(18)17-16(21)22-14/h4-5,8-10H,6-7H2,1-3H3,(H,17,18,21). The quantitative estimate of drug-likeness (QED) is 0.635. The molecule has 1 fully saturated rings. The van der Waals surface area contributed by atoms with Gasteiger partial charge < -0.3 is 14.8 Å². The highest BCUT2D eigenvalue weighted by Gasteiger charge is 2.22. The van der Waals surface area contributed by atoms with E-state index in [9.17, 15) is 4.79 Å². The lowest BCUT2D eigenvalue weighted by Crippen LogP contribution is -2.17. The van der Waals surface area contributed by atoms with Crippen LogP contribution >= 0.6 is 24.0 Å². The molecule has 1 heterocycles. The predicted molar refractivity (Wildman–Crippen MR) is 94.3 cm³/mol. The van der Waals surface area contributed by atoms with Gasteiger partial charge in [0.15, 0.2) is 11.5 Å². The number of carbonyl (C=O) groups excluding carboxylic acids is 1. The van der Waals surface area contributed by atoms with Crippen LogP contribution in [0.15, 0.2) is 23.1 Å². The van der Waals surface area contributed by atoms with Crippen LogP contribution in [0.4, 0.5) is 0 Å². The molecular formula is C16H19NO3S2. The molecule has 0 unspecified atom stereocenters. The topological polar surface area (TPSA) is 47.6 Å². The number of hydrogen-bond donors (Lipinski definition) is 1. The Morgan fingerprint density at radius 1 is 1.36 bits per heavy atom. The second kappa shape index (κ2) is 7.65. The summed E-state index contributed by atoms with van der Waals surface area (Å²) in [5.74, 6) is 1.80. The highest BCUT2D eigenvalue weighted by atomic mass is 32.2. The number of methoxy groups -OCH3 is 1. The molecule has 0 aromatic heterocycles. The van der Waals surface area contributed by atoms with Gasteiger partial charge in [0.25, 0.3) is 5.91 Å². The van der Waals surface area contributed by atoms with Crippen molar-refractivity contribution in [1.29, 1.82) is 0 Å². The average molecular weight is 337 g/mol. The molecule has 1 amide bonds. The van der Waals surface area contributed by atoms with E-state index in [2.05, 4.69) is 19.2 Å². The second-order valence-electron chi connectivity index (χ2n) is 5.29. The van der Waals surface area contributed by atoms with Crippen molar-refractivity contribution >= 4 is 40.3 Å². The number of carbonyl (C=O) groups is 1. The molecule has 1 saturated heterocycles. The van der Waals surface area contributed by atoms with E-state index in [0.717, 1.165) is 12.0 Å².